The summed E-state index contributed by atoms with van der Waals surface area (Å²) in [5.41, 5.74) is 1.89. The number of fused-ring (bicyclic) bond motifs is 2. The van der Waals surface area contributed by atoms with Crippen LogP contribution in [0, 0.1) is 6.92 Å². The Labute approximate surface area is 163 Å². The average Bonchev–Trinajstić information content (AvgIpc) is 3.00. The summed E-state index contributed by atoms with van der Waals surface area (Å²) >= 11 is 0. The lowest BCUT2D eigenvalue weighted by Gasteiger charge is -2.21. The third kappa shape index (κ3) is 3.57. The van der Waals surface area contributed by atoms with Crippen molar-refractivity contribution < 1.29 is 27.4 Å². The number of anilines is 2. The van der Waals surface area contributed by atoms with Gasteiger partial charge in [-0.05, 0) is 36.8 Å². The van der Waals surface area contributed by atoms with Gasteiger partial charge in [-0.25, -0.2) is 8.42 Å². The molecule has 0 spiro atoms. The van der Waals surface area contributed by atoms with Gasteiger partial charge in [-0.15, -0.1) is 0 Å². The van der Waals surface area contributed by atoms with E-state index in [1.54, 1.807) is 30.3 Å². The van der Waals surface area contributed by atoms with E-state index in [0.717, 1.165) is 11.8 Å². The van der Waals surface area contributed by atoms with E-state index in [1.807, 2.05) is 13.0 Å². The number of nitrogens with zero attached hydrogens (tertiary/aromatic N) is 1. The van der Waals surface area contributed by atoms with Crippen LogP contribution in [0.5, 0.6) is 17.2 Å². The zero-order valence-electron chi connectivity index (χ0n) is 15.5. The Morgan fingerprint density at radius 3 is 2.64 bits per heavy atom. The van der Waals surface area contributed by atoms with Gasteiger partial charge in [-0.3, -0.25) is 9.10 Å². The van der Waals surface area contributed by atoms with Gasteiger partial charge in [0.25, 0.3) is 5.91 Å². The SMILES string of the molecule is Cc1ccc2c(c1)N(S(C)(=O)=O)CC[C@H](C(=O)Nc1ccc3c(c1)OCO3)O2. The van der Waals surface area contributed by atoms with Crippen LogP contribution in [-0.4, -0.2) is 40.0 Å². The van der Waals surface area contributed by atoms with Crippen molar-refractivity contribution >= 4 is 27.3 Å². The first-order chi connectivity index (χ1) is 13.3. The highest BCUT2D eigenvalue weighted by Crippen LogP contribution is 2.36. The minimum Gasteiger partial charge on any atom is -0.478 e. The van der Waals surface area contributed by atoms with Gasteiger partial charge >= 0.3 is 0 Å². The fourth-order valence-electron chi connectivity index (χ4n) is 3.22. The quantitative estimate of drug-likeness (QED) is 0.844. The van der Waals surface area contributed by atoms with E-state index in [-0.39, 0.29) is 25.7 Å². The largest absolute Gasteiger partial charge is 0.478 e. The third-order valence-electron chi connectivity index (χ3n) is 4.58. The van der Waals surface area contributed by atoms with Crippen LogP contribution in [-0.2, 0) is 14.8 Å². The minimum absolute atomic E-state index is 0.147. The van der Waals surface area contributed by atoms with Crippen LogP contribution in [0.2, 0.25) is 0 Å². The molecule has 0 aliphatic carbocycles. The van der Waals surface area contributed by atoms with Gasteiger partial charge in [0.1, 0.15) is 5.75 Å². The van der Waals surface area contributed by atoms with Crippen LogP contribution < -0.4 is 23.8 Å². The molecule has 2 aliphatic heterocycles. The van der Waals surface area contributed by atoms with Crippen LogP contribution in [0.4, 0.5) is 11.4 Å². The topological polar surface area (TPSA) is 94.2 Å². The highest BCUT2D eigenvalue weighted by atomic mass is 32.2. The van der Waals surface area contributed by atoms with Gasteiger partial charge in [0.2, 0.25) is 16.8 Å². The second-order valence-corrected chi connectivity index (χ2v) is 8.67. The molecule has 2 aromatic rings. The zero-order chi connectivity index (χ0) is 19.9. The number of hydrogen-bond acceptors (Lipinski definition) is 6. The molecule has 0 saturated carbocycles. The summed E-state index contributed by atoms with van der Waals surface area (Å²) in [5, 5.41) is 2.80. The summed E-state index contributed by atoms with van der Waals surface area (Å²) in [6.45, 7) is 2.17. The number of carbonyl (C=O) groups excluding carboxylic acids is 1. The summed E-state index contributed by atoms with van der Waals surface area (Å²) in [5.74, 6) is 1.18. The predicted octanol–water partition coefficient (Wildman–Crippen LogP) is 2.28. The van der Waals surface area contributed by atoms with Gasteiger partial charge < -0.3 is 19.5 Å². The Morgan fingerprint density at radius 2 is 1.86 bits per heavy atom. The molecule has 0 bridgehead atoms. The Morgan fingerprint density at radius 1 is 1.11 bits per heavy atom. The lowest BCUT2D eigenvalue weighted by atomic mass is 10.2. The van der Waals surface area contributed by atoms with Crippen molar-refractivity contribution in [2.75, 3.05) is 29.2 Å². The Hall–Kier alpha value is -2.94. The number of carbonyl (C=O) groups is 1. The maximum Gasteiger partial charge on any atom is 0.265 e. The predicted molar refractivity (Wildman–Crippen MR) is 104 cm³/mol. The molecule has 9 heteroatoms. The van der Waals surface area contributed by atoms with Crippen molar-refractivity contribution in [3.05, 3.63) is 42.0 Å². The van der Waals surface area contributed by atoms with Crippen LogP contribution >= 0.6 is 0 Å². The first kappa shape index (κ1) is 18.4. The molecule has 2 heterocycles. The van der Waals surface area contributed by atoms with E-state index < -0.39 is 16.1 Å². The highest BCUT2D eigenvalue weighted by molar-refractivity contribution is 7.92. The van der Waals surface area contributed by atoms with Crippen molar-refractivity contribution in [2.45, 2.75) is 19.4 Å². The average molecular weight is 404 g/mol. The number of nitrogens with one attached hydrogen (secondary N) is 1. The summed E-state index contributed by atoms with van der Waals surface area (Å²) in [7, 11) is -3.50. The molecule has 0 fully saturated rings. The van der Waals surface area contributed by atoms with Crippen molar-refractivity contribution in [3.63, 3.8) is 0 Å². The number of rotatable bonds is 3. The van der Waals surface area contributed by atoms with Gasteiger partial charge in [0.05, 0.1) is 11.9 Å². The molecule has 2 aromatic carbocycles. The molecule has 0 radical (unpaired) electrons. The molecular weight excluding hydrogens is 384 g/mol. The van der Waals surface area contributed by atoms with Gasteiger partial charge in [-0.2, -0.15) is 0 Å². The molecule has 0 unspecified atom stereocenters. The molecule has 4 rings (SSSR count). The van der Waals surface area contributed by atoms with Gasteiger partial charge in [0.15, 0.2) is 17.6 Å². The second-order valence-electron chi connectivity index (χ2n) is 6.76. The molecule has 1 amide bonds. The van der Waals surface area contributed by atoms with E-state index in [9.17, 15) is 13.2 Å². The van der Waals surface area contributed by atoms with E-state index in [2.05, 4.69) is 5.32 Å². The zero-order valence-corrected chi connectivity index (χ0v) is 16.3. The number of benzene rings is 2. The molecule has 2 aliphatic rings. The van der Waals surface area contributed by atoms with Gasteiger partial charge in [-0.1, -0.05) is 6.07 Å². The van der Waals surface area contributed by atoms with Crippen LogP contribution in [0.1, 0.15) is 12.0 Å². The van der Waals surface area contributed by atoms with Crippen molar-refractivity contribution in [1.29, 1.82) is 0 Å². The molecule has 0 saturated heterocycles. The molecule has 1 N–H and O–H groups in total. The minimum atomic E-state index is -3.50. The second kappa shape index (κ2) is 6.90. The molecule has 8 nitrogen and oxygen atoms in total. The summed E-state index contributed by atoms with van der Waals surface area (Å²) in [6.07, 6.45) is 0.530. The first-order valence-corrected chi connectivity index (χ1v) is 10.6. The number of aryl methyl sites for hydroxylation is 1. The fraction of sp³-hybridized carbons (Fsp3) is 0.316. The number of amides is 1. The lowest BCUT2D eigenvalue weighted by molar-refractivity contribution is -0.122. The van der Waals surface area contributed by atoms with Crippen molar-refractivity contribution in [3.8, 4) is 17.2 Å². The molecule has 1 atom stereocenters. The highest BCUT2D eigenvalue weighted by Gasteiger charge is 2.31. The van der Waals surface area contributed by atoms with Gasteiger partial charge in [0, 0.05) is 24.7 Å². The lowest BCUT2D eigenvalue weighted by Crippen LogP contribution is -2.35. The number of sulfonamides is 1. The van der Waals surface area contributed by atoms with Crippen LogP contribution in [0.25, 0.3) is 0 Å². The van der Waals surface area contributed by atoms with Crippen molar-refractivity contribution in [1.82, 2.24) is 0 Å². The Bertz CT molecular complexity index is 1040. The summed E-state index contributed by atoms with van der Waals surface area (Å²) in [6, 6.07) is 10.4. The molecule has 28 heavy (non-hydrogen) atoms. The Kier molecular flexibility index (Phi) is 4.54. The van der Waals surface area contributed by atoms with E-state index in [1.165, 1.54) is 4.31 Å². The maximum absolute atomic E-state index is 12.8. The Balaban J connectivity index is 1.57. The van der Waals surface area contributed by atoms with Crippen LogP contribution in [0.3, 0.4) is 0 Å². The smallest absolute Gasteiger partial charge is 0.265 e. The molecular formula is C19H20N2O6S. The normalized spacial score (nSPS) is 18.1. The fourth-order valence-corrected chi connectivity index (χ4v) is 4.15. The first-order valence-electron chi connectivity index (χ1n) is 8.77. The third-order valence-corrected chi connectivity index (χ3v) is 5.76. The van der Waals surface area contributed by atoms with E-state index in [4.69, 9.17) is 14.2 Å². The summed E-state index contributed by atoms with van der Waals surface area (Å²) in [4.78, 5) is 12.8. The summed E-state index contributed by atoms with van der Waals surface area (Å²) < 4.78 is 42.2. The van der Waals surface area contributed by atoms with E-state index in [0.29, 0.717) is 28.6 Å². The maximum atomic E-state index is 12.8. The molecule has 0 aromatic heterocycles. The standard InChI is InChI=1S/C19H20N2O6S/c1-12-3-5-15-14(9-12)21(28(2,23)24)8-7-17(27-15)19(22)20-13-4-6-16-18(10-13)26-11-25-16/h3-6,9-10,17H,7-8,11H2,1-2H3,(H,20,22)/t17-/m1/s1. The van der Waals surface area contributed by atoms with Crippen LogP contribution in [0.15, 0.2) is 36.4 Å². The van der Waals surface area contributed by atoms with Crippen molar-refractivity contribution in [2.24, 2.45) is 0 Å². The number of ether oxygens (including phenoxy) is 3. The monoisotopic (exact) mass is 404 g/mol. The van der Waals surface area contributed by atoms with E-state index >= 15 is 0 Å². The number of hydrogen-bond donors (Lipinski definition) is 1. The molecule has 148 valence electrons.